The van der Waals surface area contributed by atoms with Crippen molar-refractivity contribution in [3.8, 4) is 11.5 Å². The summed E-state index contributed by atoms with van der Waals surface area (Å²) in [6.07, 6.45) is 0. The highest BCUT2D eigenvalue weighted by molar-refractivity contribution is 5.94. The number of carbonyl (C=O) groups excluding carboxylic acids is 1. The van der Waals surface area contributed by atoms with Crippen LogP contribution in [0.5, 0.6) is 11.5 Å². The van der Waals surface area contributed by atoms with Gasteiger partial charge in [0.15, 0.2) is 11.5 Å². The van der Waals surface area contributed by atoms with Crippen LogP contribution in [0.4, 0.5) is 0 Å². The van der Waals surface area contributed by atoms with Crippen LogP contribution in [0.15, 0.2) is 48.5 Å². The van der Waals surface area contributed by atoms with Gasteiger partial charge < -0.3 is 14.8 Å². The summed E-state index contributed by atoms with van der Waals surface area (Å²) >= 11 is 0. The van der Waals surface area contributed by atoms with E-state index in [9.17, 15) is 4.79 Å². The molecule has 0 saturated carbocycles. The quantitative estimate of drug-likeness (QED) is 0.839. The Kier molecular flexibility index (Phi) is 6.24. The molecule has 1 N–H and O–H groups in total. The average Bonchev–Trinajstić information content (AvgIpc) is 2.61. The van der Waals surface area contributed by atoms with Gasteiger partial charge in [0, 0.05) is 18.0 Å². The average molecular weight is 327 g/mol. The van der Waals surface area contributed by atoms with Gasteiger partial charge in [0.2, 0.25) is 0 Å². The van der Waals surface area contributed by atoms with Crippen LogP contribution in [0.25, 0.3) is 0 Å². The van der Waals surface area contributed by atoms with Crippen molar-refractivity contribution in [3.05, 3.63) is 59.7 Å². The van der Waals surface area contributed by atoms with E-state index in [-0.39, 0.29) is 11.8 Å². The predicted molar refractivity (Wildman–Crippen MR) is 95.9 cm³/mol. The van der Waals surface area contributed by atoms with Gasteiger partial charge in [-0.25, -0.2) is 0 Å². The van der Waals surface area contributed by atoms with E-state index in [1.165, 1.54) is 0 Å². The fourth-order valence-electron chi connectivity index (χ4n) is 2.72. The fourth-order valence-corrected chi connectivity index (χ4v) is 2.72. The van der Waals surface area contributed by atoms with Gasteiger partial charge in [-0.1, -0.05) is 38.1 Å². The molecule has 0 aromatic heterocycles. The van der Waals surface area contributed by atoms with Crippen molar-refractivity contribution in [1.82, 2.24) is 5.32 Å². The van der Waals surface area contributed by atoms with Crippen LogP contribution in [0, 0.1) is 5.92 Å². The van der Waals surface area contributed by atoms with Crippen LogP contribution in [0.2, 0.25) is 0 Å². The maximum Gasteiger partial charge on any atom is 0.251 e. The summed E-state index contributed by atoms with van der Waals surface area (Å²) in [5.74, 6) is 1.92. The second-order valence-electron chi connectivity index (χ2n) is 6.04. The van der Waals surface area contributed by atoms with E-state index in [4.69, 9.17) is 9.47 Å². The smallest absolute Gasteiger partial charge is 0.251 e. The van der Waals surface area contributed by atoms with E-state index >= 15 is 0 Å². The van der Waals surface area contributed by atoms with Gasteiger partial charge in [-0.15, -0.1) is 0 Å². The van der Waals surface area contributed by atoms with Gasteiger partial charge >= 0.3 is 0 Å². The molecule has 24 heavy (non-hydrogen) atoms. The molecule has 128 valence electrons. The first-order chi connectivity index (χ1) is 11.6. The predicted octanol–water partition coefficient (Wildman–Crippen LogP) is 3.87. The second-order valence-corrected chi connectivity index (χ2v) is 6.04. The molecule has 4 nitrogen and oxygen atoms in total. The molecular weight excluding hydrogens is 302 g/mol. The van der Waals surface area contributed by atoms with Crippen LogP contribution >= 0.6 is 0 Å². The lowest BCUT2D eigenvalue weighted by Gasteiger charge is -2.23. The number of nitrogens with one attached hydrogen (secondary N) is 1. The zero-order valence-corrected chi connectivity index (χ0v) is 14.7. The number of rotatable bonds is 7. The molecule has 0 heterocycles. The van der Waals surface area contributed by atoms with Gasteiger partial charge in [0.1, 0.15) is 0 Å². The molecular formula is C20H25NO3. The summed E-state index contributed by atoms with van der Waals surface area (Å²) in [6, 6.07) is 15.2. The summed E-state index contributed by atoms with van der Waals surface area (Å²) < 4.78 is 10.7. The Balaban J connectivity index is 2.14. The minimum atomic E-state index is -0.0540. The largest absolute Gasteiger partial charge is 0.493 e. The molecule has 1 unspecified atom stereocenters. The zero-order valence-electron chi connectivity index (χ0n) is 14.7. The third-order valence-corrected chi connectivity index (χ3v) is 4.16. The molecule has 0 aliphatic carbocycles. The highest BCUT2D eigenvalue weighted by Crippen LogP contribution is 2.33. The number of ether oxygens (including phenoxy) is 2. The van der Waals surface area contributed by atoms with Crippen molar-refractivity contribution >= 4 is 5.91 Å². The highest BCUT2D eigenvalue weighted by Gasteiger charge is 2.19. The Morgan fingerprint density at radius 2 is 1.67 bits per heavy atom. The summed E-state index contributed by atoms with van der Waals surface area (Å²) in [5.41, 5.74) is 1.79. The zero-order chi connectivity index (χ0) is 17.5. The summed E-state index contributed by atoms with van der Waals surface area (Å²) in [4.78, 5) is 12.3. The first-order valence-electron chi connectivity index (χ1n) is 8.12. The monoisotopic (exact) mass is 327 g/mol. The normalized spacial score (nSPS) is 11.9. The van der Waals surface area contributed by atoms with Crippen molar-refractivity contribution in [3.63, 3.8) is 0 Å². The molecule has 2 aromatic carbocycles. The maximum absolute atomic E-state index is 12.3. The van der Waals surface area contributed by atoms with Crippen LogP contribution in [0.3, 0.4) is 0 Å². The van der Waals surface area contributed by atoms with Gasteiger partial charge in [-0.05, 0) is 35.7 Å². The third kappa shape index (κ3) is 4.28. The molecule has 0 radical (unpaired) electrons. The van der Waals surface area contributed by atoms with Gasteiger partial charge in [-0.3, -0.25) is 4.79 Å². The summed E-state index contributed by atoms with van der Waals surface area (Å²) in [5, 5.41) is 3.03. The molecule has 0 bridgehead atoms. The molecule has 1 atom stereocenters. The Labute approximate surface area is 143 Å². The summed E-state index contributed by atoms with van der Waals surface area (Å²) in [7, 11) is 3.25. The highest BCUT2D eigenvalue weighted by atomic mass is 16.5. The number of amides is 1. The maximum atomic E-state index is 12.3. The Morgan fingerprint density at radius 1 is 1.00 bits per heavy atom. The molecule has 0 fully saturated rings. The van der Waals surface area contributed by atoms with Gasteiger partial charge in [-0.2, -0.15) is 0 Å². The molecule has 4 heteroatoms. The number of hydrogen-bond donors (Lipinski definition) is 1. The van der Waals surface area contributed by atoms with E-state index in [1.807, 2.05) is 48.5 Å². The minimum Gasteiger partial charge on any atom is -0.493 e. The second kappa shape index (κ2) is 8.39. The van der Waals surface area contributed by atoms with Crippen LogP contribution in [0.1, 0.15) is 35.7 Å². The number of carbonyl (C=O) groups is 1. The van der Waals surface area contributed by atoms with Gasteiger partial charge in [0.25, 0.3) is 5.91 Å². The number of benzene rings is 2. The molecule has 0 saturated heterocycles. The van der Waals surface area contributed by atoms with E-state index < -0.39 is 0 Å². The summed E-state index contributed by atoms with van der Waals surface area (Å²) in [6.45, 7) is 4.87. The van der Waals surface area contributed by atoms with Crippen molar-refractivity contribution in [2.45, 2.75) is 19.8 Å². The fraction of sp³-hybridized carbons (Fsp3) is 0.350. The van der Waals surface area contributed by atoms with Crippen molar-refractivity contribution in [1.29, 1.82) is 0 Å². The van der Waals surface area contributed by atoms with E-state index in [0.717, 1.165) is 5.56 Å². The van der Waals surface area contributed by atoms with Crippen LogP contribution in [-0.4, -0.2) is 26.7 Å². The van der Waals surface area contributed by atoms with E-state index in [0.29, 0.717) is 29.5 Å². The lowest BCUT2D eigenvalue weighted by molar-refractivity contribution is 0.0949. The molecule has 2 rings (SSSR count). The molecule has 2 aromatic rings. The van der Waals surface area contributed by atoms with Crippen molar-refractivity contribution in [2.75, 3.05) is 20.8 Å². The molecule has 0 aliphatic rings. The Hall–Kier alpha value is -2.49. The standard InChI is InChI=1S/C20H25NO3/c1-14(2)17(13-21-20(22)15-8-6-5-7-9-15)16-10-11-18(23-3)19(12-16)24-4/h5-12,14,17H,13H2,1-4H3,(H,21,22). The topological polar surface area (TPSA) is 47.6 Å². The Bertz CT molecular complexity index is 668. The van der Waals surface area contributed by atoms with E-state index in [2.05, 4.69) is 19.2 Å². The molecule has 0 spiro atoms. The van der Waals surface area contributed by atoms with Gasteiger partial charge in [0.05, 0.1) is 14.2 Å². The SMILES string of the molecule is COc1ccc(C(CNC(=O)c2ccccc2)C(C)C)cc1OC. The first kappa shape index (κ1) is 17.9. The van der Waals surface area contributed by atoms with Crippen LogP contribution in [-0.2, 0) is 0 Å². The Morgan fingerprint density at radius 3 is 2.25 bits per heavy atom. The third-order valence-electron chi connectivity index (χ3n) is 4.16. The lowest BCUT2D eigenvalue weighted by atomic mass is 9.88. The minimum absolute atomic E-state index is 0.0540. The van der Waals surface area contributed by atoms with E-state index in [1.54, 1.807) is 14.2 Å². The van der Waals surface area contributed by atoms with Crippen molar-refractivity contribution in [2.24, 2.45) is 5.92 Å². The molecule has 1 amide bonds. The lowest BCUT2D eigenvalue weighted by Crippen LogP contribution is -2.30. The molecule has 0 aliphatic heterocycles. The van der Waals surface area contributed by atoms with Crippen LogP contribution < -0.4 is 14.8 Å². The first-order valence-corrected chi connectivity index (χ1v) is 8.12. The van der Waals surface area contributed by atoms with Crippen molar-refractivity contribution < 1.29 is 14.3 Å². The number of hydrogen-bond acceptors (Lipinski definition) is 3. The number of methoxy groups -OCH3 is 2.